The Hall–Kier alpha value is -3.41. The third kappa shape index (κ3) is 3.33. The first kappa shape index (κ1) is 17.0. The molecule has 6 heteroatoms. The van der Waals surface area contributed by atoms with E-state index in [4.69, 9.17) is 0 Å². The van der Waals surface area contributed by atoms with Crippen LogP contribution < -0.4 is 10.2 Å². The topological polar surface area (TPSA) is 54.3 Å². The Bertz CT molecular complexity index is 967. The summed E-state index contributed by atoms with van der Waals surface area (Å²) in [7, 11) is 0. The summed E-state index contributed by atoms with van der Waals surface area (Å²) in [5, 5.41) is 2.70. The average Bonchev–Trinajstić information content (AvgIpc) is 3.33. The molecule has 0 aliphatic carbocycles. The number of aromatic nitrogens is 1. The van der Waals surface area contributed by atoms with E-state index in [1.54, 1.807) is 4.90 Å². The van der Waals surface area contributed by atoms with Crippen LogP contribution in [-0.2, 0) is 9.59 Å². The summed E-state index contributed by atoms with van der Waals surface area (Å²) < 4.78 is 14.9. The van der Waals surface area contributed by atoms with Crippen LogP contribution in [0.3, 0.4) is 0 Å². The number of halogens is 1. The quantitative estimate of drug-likeness (QED) is 0.720. The Kier molecular flexibility index (Phi) is 4.46. The van der Waals surface area contributed by atoms with Gasteiger partial charge in [0.2, 0.25) is 11.8 Å². The minimum Gasteiger partial charge on any atom is -0.325 e. The van der Waals surface area contributed by atoms with Crippen LogP contribution in [0.5, 0.6) is 0 Å². The molecule has 2 amide bonds. The Morgan fingerprint density at radius 1 is 0.963 bits per heavy atom. The fourth-order valence-corrected chi connectivity index (χ4v) is 3.33. The van der Waals surface area contributed by atoms with E-state index in [1.165, 1.54) is 24.3 Å². The Morgan fingerprint density at radius 2 is 1.63 bits per heavy atom. The van der Waals surface area contributed by atoms with Crippen molar-refractivity contribution in [3.8, 4) is 5.69 Å². The fourth-order valence-electron chi connectivity index (χ4n) is 3.33. The molecule has 0 radical (unpaired) electrons. The number of hydrogen-bond donors (Lipinski definition) is 1. The van der Waals surface area contributed by atoms with Gasteiger partial charge in [0.15, 0.2) is 0 Å². The number of amides is 2. The highest BCUT2D eigenvalue weighted by Crippen LogP contribution is 2.31. The van der Waals surface area contributed by atoms with Gasteiger partial charge in [-0.25, -0.2) is 4.39 Å². The van der Waals surface area contributed by atoms with Crippen molar-refractivity contribution in [3.05, 3.63) is 78.9 Å². The van der Waals surface area contributed by atoms with Crippen molar-refractivity contribution in [3.63, 3.8) is 0 Å². The predicted octanol–water partition coefficient (Wildman–Crippen LogP) is 3.61. The van der Waals surface area contributed by atoms with Gasteiger partial charge in [0.05, 0.1) is 11.4 Å². The van der Waals surface area contributed by atoms with Gasteiger partial charge >= 0.3 is 0 Å². The number of carbonyl (C=O) groups is 2. The first-order valence-electron chi connectivity index (χ1n) is 8.73. The predicted molar refractivity (Wildman–Crippen MR) is 101 cm³/mol. The van der Waals surface area contributed by atoms with Gasteiger partial charge in [-0.15, -0.1) is 0 Å². The Labute approximate surface area is 156 Å². The largest absolute Gasteiger partial charge is 0.325 e. The summed E-state index contributed by atoms with van der Waals surface area (Å²) in [6, 6.07) is 16.9. The maximum atomic E-state index is 13.0. The number of rotatable bonds is 4. The second kappa shape index (κ2) is 7.07. The minimum atomic E-state index is -0.757. The zero-order chi connectivity index (χ0) is 18.8. The molecule has 4 rings (SSSR count). The molecule has 2 aromatic carbocycles. The lowest BCUT2D eigenvalue weighted by atomic mass is 10.1. The number of anilines is 2. The standard InChI is InChI=1S/C21H18FN3O2/c22-15-7-9-16(10-8-15)23-20(26)17-11-14-25(21(17)27)19-6-2-1-5-18(19)24-12-3-4-13-24/h1-10,12-13,17H,11,14H2,(H,23,26). The Balaban J connectivity index is 1.54. The van der Waals surface area contributed by atoms with Gasteiger partial charge in [-0.05, 0) is 55.0 Å². The smallest absolute Gasteiger partial charge is 0.239 e. The van der Waals surface area contributed by atoms with Gasteiger partial charge in [-0.3, -0.25) is 9.59 Å². The molecule has 27 heavy (non-hydrogen) atoms. The zero-order valence-electron chi connectivity index (χ0n) is 14.5. The van der Waals surface area contributed by atoms with Crippen LogP contribution in [0.1, 0.15) is 6.42 Å². The second-order valence-electron chi connectivity index (χ2n) is 6.41. The van der Waals surface area contributed by atoms with Gasteiger partial charge in [0.25, 0.3) is 0 Å². The molecule has 1 N–H and O–H groups in total. The van der Waals surface area contributed by atoms with E-state index in [0.29, 0.717) is 18.7 Å². The number of para-hydroxylation sites is 2. The lowest BCUT2D eigenvalue weighted by molar-refractivity contribution is -0.129. The van der Waals surface area contributed by atoms with Gasteiger partial charge in [0, 0.05) is 24.6 Å². The molecule has 3 aromatic rings. The SMILES string of the molecule is O=C(Nc1ccc(F)cc1)C1CCN(c2ccccc2-n2cccc2)C1=O. The molecule has 1 aliphatic heterocycles. The summed E-state index contributed by atoms with van der Waals surface area (Å²) in [6.07, 6.45) is 4.27. The van der Waals surface area contributed by atoms with Crippen molar-refractivity contribution in [1.82, 2.24) is 4.57 Å². The second-order valence-corrected chi connectivity index (χ2v) is 6.41. The summed E-state index contributed by atoms with van der Waals surface area (Å²) in [6.45, 7) is 0.471. The van der Waals surface area contributed by atoms with E-state index in [9.17, 15) is 14.0 Å². The lowest BCUT2D eigenvalue weighted by Gasteiger charge is -2.21. The lowest BCUT2D eigenvalue weighted by Crippen LogP contribution is -2.33. The van der Waals surface area contributed by atoms with E-state index < -0.39 is 5.92 Å². The third-order valence-corrected chi connectivity index (χ3v) is 4.69. The number of nitrogens with one attached hydrogen (secondary N) is 1. The molecule has 1 aliphatic rings. The maximum absolute atomic E-state index is 13.0. The van der Waals surface area contributed by atoms with Gasteiger partial charge in [0.1, 0.15) is 11.7 Å². The summed E-state index contributed by atoms with van der Waals surface area (Å²) >= 11 is 0. The number of benzene rings is 2. The minimum absolute atomic E-state index is 0.228. The van der Waals surface area contributed by atoms with Crippen molar-refractivity contribution in [2.75, 3.05) is 16.8 Å². The first-order chi connectivity index (χ1) is 13.1. The van der Waals surface area contributed by atoms with E-state index in [2.05, 4.69) is 5.32 Å². The zero-order valence-corrected chi connectivity index (χ0v) is 14.5. The molecule has 0 spiro atoms. The van der Waals surface area contributed by atoms with Crippen molar-refractivity contribution < 1.29 is 14.0 Å². The van der Waals surface area contributed by atoms with Crippen LogP contribution in [-0.4, -0.2) is 22.9 Å². The maximum Gasteiger partial charge on any atom is 0.239 e. The number of nitrogens with zero attached hydrogens (tertiary/aromatic N) is 2. The first-order valence-corrected chi connectivity index (χ1v) is 8.73. The highest BCUT2D eigenvalue weighted by Gasteiger charge is 2.38. The van der Waals surface area contributed by atoms with Gasteiger partial charge in [-0.2, -0.15) is 0 Å². The van der Waals surface area contributed by atoms with Crippen LogP contribution >= 0.6 is 0 Å². The van der Waals surface area contributed by atoms with Gasteiger partial charge < -0.3 is 14.8 Å². The van der Waals surface area contributed by atoms with Crippen molar-refractivity contribution in [2.45, 2.75) is 6.42 Å². The van der Waals surface area contributed by atoms with E-state index in [0.717, 1.165) is 11.4 Å². The number of carbonyl (C=O) groups excluding carboxylic acids is 2. The highest BCUT2D eigenvalue weighted by atomic mass is 19.1. The molecule has 0 bridgehead atoms. The fraction of sp³-hybridized carbons (Fsp3) is 0.143. The molecule has 1 aromatic heterocycles. The van der Waals surface area contributed by atoms with Gasteiger partial charge in [-0.1, -0.05) is 12.1 Å². The summed E-state index contributed by atoms with van der Waals surface area (Å²) in [5.74, 6) is -1.73. The number of hydrogen-bond acceptors (Lipinski definition) is 2. The normalized spacial score (nSPS) is 16.6. The van der Waals surface area contributed by atoms with Crippen molar-refractivity contribution in [1.29, 1.82) is 0 Å². The van der Waals surface area contributed by atoms with Crippen molar-refractivity contribution >= 4 is 23.2 Å². The van der Waals surface area contributed by atoms with E-state index in [-0.39, 0.29) is 17.6 Å². The summed E-state index contributed by atoms with van der Waals surface area (Å²) in [4.78, 5) is 27.1. The monoisotopic (exact) mass is 363 g/mol. The molecule has 1 unspecified atom stereocenters. The van der Waals surface area contributed by atoms with E-state index in [1.807, 2.05) is 53.4 Å². The Morgan fingerprint density at radius 3 is 2.33 bits per heavy atom. The molecule has 5 nitrogen and oxygen atoms in total. The van der Waals surface area contributed by atoms with E-state index >= 15 is 0 Å². The van der Waals surface area contributed by atoms with Crippen LogP contribution in [0.25, 0.3) is 5.69 Å². The summed E-state index contributed by atoms with van der Waals surface area (Å²) in [5.41, 5.74) is 2.13. The molecule has 1 fully saturated rings. The van der Waals surface area contributed by atoms with Crippen LogP contribution in [0.15, 0.2) is 73.1 Å². The molecule has 0 saturated carbocycles. The molecular formula is C21H18FN3O2. The van der Waals surface area contributed by atoms with Crippen LogP contribution in [0, 0.1) is 11.7 Å². The van der Waals surface area contributed by atoms with Crippen LogP contribution in [0.2, 0.25) is 0 Å². The van der Waals surface area contributed by atoms with Crippen molar-refractivity contribution in [2.24, 2.45) is 5.92 Å². The molecule has 2 heterocycles. The average molecular weight is 363 g/mol. The highest BCUT2D eigenvalue weighted by molar-refractivity contribution is 6.13. The van der Waals surface area contributed by atoms with Crippen LogP contribution in [0.4, 0.5) is 15.8 Å². The third-order valence-electron chi connectivity index (χ3n) is 4.69. The molecular weight excluding hydrogens is 345 g/mol. The molecule has 136 valence electrons. The molecule has 1 atom stereocenters. The molecule has 1 saturated heterocycles.